The predicted molar refractivity (Wildman–Crippen MR) is 115 cm³/mol. The van der Waals surface area contributed by atoms with E-state index in [1.54, 1.807) is 31.3 Å². The number of ether oxygens (including phenoxy) is 2. The van der Waals surface area contributed by atoms with Gasteiger partial charge < -0.3 is 9.47 Å². The highest BCUT2D eigenvalue weighted by molar-refractivity contribution is 6.30. The van der Waals surface area contributed by atoms with Gasteiger partial charge in [0.2, 0.25) is 5.78 Å². The number of aromatic nitrogens is 3. The second-order valence-corrected chi connectivity index (χ2v) is 7.15. The molecule has 0 N–H and O–H groups in total. The van der Waals surface area contributed by atoms with Crippen molar-refractivity contribution < 1.29 is 23.5 Å². The fourth-order valence-corrected chi connectivity index (χ4v) is 3.18. The lowest BCUT2D eigenvalue weighted by atomic mass is 10.1. The van der Waals surface area contributed by atoms with Gasteiger partial charge in [-0.3, -0.25) is 4.79 Å². The number of esters is 1. The minimum atomic E-state index is -0.618. The first kappa shape index (κ1) is 21.5. The van der Waals surface area contributed by atoms with E-state index in [-0.39, 0.29) is 23.6 Å². The third-order valence-corrected chi connectivity index (χ3v) is 4.79. The van der Waals surface area contributed by atoms with Gasteiger partial charge in [-0.25, -0.2) is 18.7 Å². The number of fused-ring (bicyclic) bond motifs is 1. The van der Waals surface area contributed by atoms with Crippen molar-refractivity contribution in [2.24, 2.45) is 0 Å². The Morgan fingerprint density at radius 3 is 2.62 bits per heavy atom. The molecular weight excluding hydrogens is 437 g/mol. The number of carbonyl (C=O) groups excluding carboxylic acids is 2. The van der Waals surface area contributed by atoms with Gasteiger partial charge in [0.15, 0.2) is 12.3 Å². The van der Waals surface area contributed by atoms with Crippen LogP contribution in [0.3, 0.4) is 0 Å². The zero-order valence-electron chi connectivity index (χ0n) is 16.9. The molecule has 2 heterocycles. The van der Waals surface area contributed by atoms with E-state index in [1.165, 1.54) is 16.6 Å². The number of halogens is 2. The van der Waals surface area contributed by atoms with Gasteiger partial charge in [-0.15, -0.1) is 0 Å². The zero-order chi connectivity index (χ0) is 22.7. The van der Waals surface area contributed by atoms with Crippen LogP contribution in [0.1, 0.15) is 23.0 Å². The first-order chi connectivity index (χ1) is 15.4. The van der Waals surface area contributed by atoms with Crippen LogP contribution in [0, 0.1) is 5.82 Å². The molecule has 0 aliphatic carbocycles. The Balaban J connectivity index is 1.64. The van der Waals surface area contributed by atoms with Crippen LogP contribution in [0.4, 0.5) is 4.39 Å². The van der Waals surface area contributed by atoms with Gasteiger partial charge in [-0.1, -0.05) is 23.7 Å². The number of ketones is 1. The van der Waals surface area contributed by atoms with E-state index in [9.17, 15) is 14.0 Å². The Labute approximate surface area is 187 Å². The van der Waals surface area contributed by atoms with E-state index in [0.29, 0.717) is 16.4 Å². The monoisotopic (exact) mass is 453 g/mol. The van der Waals surface area contributed by atoms with Crippen LogP contribution in [0.25, 0.3) is 16.9 Å². The standard InChI is InChI=1S/C23H17ClFN3O4/c1-2-31-22(29)13-32-20-8-7-16(25)11-17(20)23(30)18-9-10-28-21(26-18)12-19(27-28)14-3-5-15(24)6-4-14/h3-12H,2,13H2,1H3. The molecule has 0 unspecified atom stereocenters. The van der Waals surface area contributed by atoms with Crippen molar-refractivity contribution in [3.8, 4) is 17.0 Å². The summed E-state index contributed by atoms with van der Waals surface area (Å²) >= 11 is 5.93. The molecule has 0 aliphatic heterocycles. The zero-order valence-corrected chi connectivity index (χ0v) is 17.7. The lowest BCUT2D eigenvalue weighted by molar-refractivity contribution is -0.145. The van der Waals surface area contributed by atoms with E-state index in [0.717, 1.165) is 17.7 Å². The van der Waals surface area contributed by atoms with Crippen molar-refractivity contribution in [2.45, 2.75) is 6.92 Å². The Morgan fingerprint density at radius 2 is 1.88 bits per heavy atom. The van der Waals surface area contributed by atoms with Crippen molar-refractivity contribution in [1.29, 1.82) is 0 Å². The molecule has 2 aromatic carbocycles. The highest BCUT2D eigenvalue weighted by Gasteiger charge is 2.19. The molecule has 162 valence electrons. The molecule has 0 spiro atoms. The summed E-state index contributed by atoms with van der Waals surface area (Å²) < 4.78 is 25.6. The highest BCUT2D eigenvalue weighted by Crippen LogP contribution is 2.24. The van der Waals surface area contributed by atoms with Crippen LogP contribution in [-0.2, 0) is 9.53 Å². The van der Waals surface area contributed by atoms with Crippen molar-refractivity contribution in [3.63, 3.8) is 0 Å². The summed E-state index contributed by atoms with van der Waals surface area (Å²) in [7, 11) is 0. The number of hydrogen-bond acceptors (Lipinski definition) is 6. The largest absolute Gasteiger partial charge is 0.481 e. The predicted octanol–water partition coefficient (Wildman–Crippen LogP) is 4.36. The third kappa shape index (κ3) is 4.60. The molecule has 0 atom stereocenters. The Morgan fingerprint density at radius 1 is 1.09 bits per heavy atom. The van der Waals surface area contributed by atoms with Crippen LogP contribution < -0.4 is 4.74 Å². The quantitative estimate of drug-likeness (QED) is 0.305. The van der Waals surface area contributed by atoms with Gasteiger partial charge in [0, 0.05) is 22.8 Å². The lowest BCUT2D eigenvalue weighted by Gasteiger charge is -2.10. The molecule has 4 rings (SSSR count). The van der Waals surface area contributed by atoms with Crippen molar-refractivity contribution in [2.75, 3.05) is 13.2 Å². The second-order valence-electron chi connectivity index (χ2n) is 6.72. The summed E-state index contributed by atoms with van der Waals surface area (Å²) in [6.07, 6.45) is 1.59. The van der Waals surface area contributed by atoms with Crippen molar-refractivity contribution >= 4 is 29.0 Å². The van der Waals surface area contributed by atoms with Gasteiger partial charge in [0.1, 0.15) is 17.3 Å². The molecule has 0 fully saturated rings. The van der Waals surface area contributed by atoms with Crippen molar-refractivity contribution in [3.05, 3.63) is 82.9 Å². The van der Waals surface area contributed by atoms with Crippen LogP contribution in [0.5, 0.6) is 5.75 Å². The van der Waals surface area contributed by atoms with E-state index >= 15 is 0 Å². The fraction of sp³-hybridized carbons (Fsp3) is 0.130. The normalized spacial score (nSPS) is 10.8. The summed E-state index contributed by atoms with van der Waals surface area (Å²) in [5.74, 6) is -1.71. The minimum Gasteiger partial charge on any atom is -0.481 e. The van der Waals surface area contributed by atoms with Crippen LogP contribution in [0.15, 0.2) is 60.8 Å². The Bertz CT molecular complexity index is 1300. The first-order valence-electron chi connectivity index (χ1n) is 9.69. The van der Waals surface area contributed by atoms with Gasteiger partial charge in [0.25, 0.3) is 0 Å². The van der Waals surface area contributed by atoms with Crippen LogP contribution >= 0.6 is 11.6 Å². The molecule has 0 aliphatic rings. The first-order valence-corrected chi connectivity index (χ1v) is 10.1. The maximum Gasteiger partial charge on any atom is 0.344 e. The van der Waals surface area contributed by atoms with E-state index in [4.69, 9.17) is 21.1 Å². The summed E-state index contributed by atoms with van der Waals surface area (Å²) in [5.41, 5.74) is 1.96. The van der Waals surface area contributed by atoms with Crippen LogP contribution in [0.2, 0.25) is 5.02 Å². The number of rotatable bonds is 7. The van der Waals surface area contributed by atoms with E-state index in [2.05, 4.69) is 10.1 Å². The van der Waals surface area contributed by atoms with Gasteiger partial charge >= 0.3 is 5.97 Å². The van der Waals surface area contributed by atoms with Gasteiger partial charge in [-0.05, 0) is 43.3 Å². The number of nitrogens with zero attached hydrogens (tertiary/aromatic N) is 3. The molecule has 7 nitrogen and oxygen atoms in total. The molecule has 4 aromatic rings. The summed E-state index contributed by atoms with van der Waals surface area (Å²) in [6.45, 7) is 1.46. The molecule has 9 heteroatoms. The highest BCUT2D eigenvalue weighted by atomic mass is 35.5. The molecular formula is C23H17ClFN3O4. The van der Waals surface area contributed by atoms with Crippen LogP contribution in [-0.4, -0.2) is 39.6 Å². The van der Waals surface area contributed by atoms with Gasteiger partial charge in [0.05, 0.1) is 17.9 Å². The summed E-state index contributed by atoms with van der Waals surface area (Å²) in [4.78, 5) is 29.0. The fourth-order valence-electron chi connectivity index (χ4n) is 3.05. The molecule has 0 radical (unpaired) electrons. The minimum absolute atomic E-state index is 0.0522. The third-order valence-electron chi connectivity index (χ3n) is 4.53. The van der Waals surface area contributed by atoms with Crippen molar-refractivity contribution in [1.82, 2.24) is 14.6 Å². The van der Waals surface area contributed by atoms with Gasteiger partial charge in [-0.2, -0.15) is 5.10 Å². The smallest absolute Gasteiger partial charge is 0.344 e. The van der Waals surface area contributed by atoms with E-state index < -0.39 is 24.2 Å². The summed E-state index contributed by atoms with van der Waals surface area (Å²) in [6, 6.07) is 13.9. The molecule has 0 saturated carbocycles. The Hall–Kier alpha value is -3.78. The SMILES string of the molecule is CCOC(=O)COc1ccc(F)cc1C(=O)c1ccn2nc(-c3ccc(Cl)cc3)cc2n1. The maximum atomic E-state index is 13.9. The number of carbonyl (C=O) groups is 2. The Kier molecular flexibility index (Phi) is 6.13. The molecule has 0 bridgehead atoms. The number of hydrogen-bond donors (Lipinski definition) is 0. The molecule has 0 amide bonds. The molecule has 0 saturated heterocycles. The number of benzene rings is 2. The molecule has 32 heavy (non-hydrogen) atoms. The summed E-state index contributed by atoms with van der Waals surface area (Å²) in [5, 5.41) is 5.06. The average Bonchev–Trinajstić information content (AvgIpc) is 3.21. The topological polar surface area (TPSA) is 82.8 Å². The molecule has 2 aromatic heterocycles. The lowest BCUT2D eigenvalue weighted by Crippen LogP contribution is -2.16. The second kappa shape index (κ2) is 9.15. The average molecular weight is 454 g/mol. The maximum absolute atomic E-state index is 13.9. The van der Waals surface area contributed by atoms with E-state index in [1.807, 2.05) is 12.1 Å².